The Bertz CT molecular complexity index is 498. The first-order valence-electron chi connectivity index (χ1n) is 6.87. The highest BCUT2D eigenvalue weighted by molar-refractivity contribution is 5.96. The molecule has 1 saturated carbocycles. The van der Waals surface area contributed by atoms with Crippen LogP contribution in [-0.4, -0.2) is 23.0 Å². The second kappa shape index (κ2) is 6.50. The summed E-state index contributed by atoms with van der Waals surface area (Å²) in [5.74, 6) is -2.12. The van der Waals surface area contributed by atoms with E-state index in [0.29, 0.717) is 0 Å². The third kappa shape index (κ3) is 3.56. The summed E-state index contributed by atoms with van der Waals surface area (Å²) < 4.78 is 13.1. The number of carbonyl (C=O) groups is 2. The number of amides is 1. The number of hydrogen-bond donors (Lipinski definition) is 2. The van der Waals surface area contributed by atoms with Gasteiger partial charge in [0, 0.05) is 5.56 Å². The molecule has 1 aliphatic carbocycles. The molecular weight excluding hydrogens is 261 g/mol. The van der Waals surface area contributed by atoms with Crippen LogP contribution in [0.4, 0.5) is 4.39 Å². The van der Waals surface area contributed by atoms with Crippen LogP contribution in [0.5, 0.6) is 0 Å². The highest BCUT2D eigenvalue weighted by Crippen LogP contribution is 2.26. The average molecular weight is 279 g/mol. The number of halogens is 1. The standard InChI is InChI=1S/C15H18FNO3/c16-12-8-4-7-11(9-12)14(18)17-13(15(19)20)10-5-2-1-3-6-10/h4,7-10,13H,1-3,5-6H2,(H,17,18)(H,19,20). The Morgan fingerprint density at radius 3 is 2.55 bits per heavy atom. The number of benzene rings is 1. The van der Waals surface area contributed by atoms with E-state index in [1.807, 2.05) is 0 Å². The summed E-state index contributed by atoms with van der Waals surface area (Å²) >= 11 is 0. The Balaban J connectivity index is 2.07. The van der Waals surface area contributed by atoms with E-state index in [1.54, 1.807) is 0 Å². The van der Waals surface area contributed by atoms with Crippen molar-refractivity contribution >= 4 is 11.9 Å². The Morgan fingerprint density at radius 1 is 1.25 bits per heavy atom. The van der Waals surface area contributed by atoms with Gasteiger partial charge in [0.25, 0.3) is 5.91 Å². The summed E-state index contributed by atoms with van der Waals surface area (Å²) in [5.41, 5.74) is 0.145. The number of hydrogen-bond acceptors (Lipinski definition) is 2. The molecule has 1 aromatic rings. The first-order valence-corrected chi connectivity index (χ1v) is 6.87. The lowest BCUT2D eigenvalue weighted by Gasteiger charge is -2.28. The van der Waals surface area contributed by atoms with Crippen LogP contribution in [0.25, 0.3) is 0 Å². The quantitative estimate of drug-likeness (QED) is 0.890. The van der Waals surface area contributed by atoms with Gasteiger partial charge in [0.1, 0.15) is 11.9 Å². The Morgan fingerprint density at radius 2 is 1.95 bits per heavy atom. The third-order valence-electron chi connectivity index (χ3n) is 3.76. The van der Waals surface area contributed by atoms with Crippen molar-refractivity contribution in [2.75, 3.05) is 0 Å². The van der Waals surface area contributed by atoms with Gasteiger partial charge in [0.05, 0.1) is 0 Å². The van der Waals surface area contributed by atoms with E-state index in [4.69, 9.17) is 0 Å². The van der Waals surface area contributed by atoms with Crippen molar-refractivity contribution in [2.24, 2.45) is 5.92 Å². The van der Waals surface area contributed by atoms with Crippen LogP contribution in [0.2, 0.25) is 0 Å². The molecule has 1 amide bonds. The van der Waals surface area contributed by atoms with Gasteiger partial charge in [-0.05, 0) is 37.0 Å². The molecule has 0 radical (unpaired) electrons. The number of nitrogens with one attached hydrogen (secondary N) is 1. The number of carboxylic acid groups (broad SMARTS) is 1. The molecule has 1 aromatic carbocycles. The second-order valence-electron chi connectivity index (χ2n) is 5.20. The molecule has 0 heterocycles. The summed E-state index contributed by atoms with van der Waals surface area (Å²) in [6.45, 7) is 0. The minimum absolute atomic E-state index is 0.0428. The zero-order valence-electron chi connectivity index (χ0n) is 11.1. The van der Waals surface area contributed by atoms with E-state index in [0.717, 1.165) is 38.2 Å². The SMILES string of the molecule is O=C(NC(C(=O)O)C1CCCCC1)c1cccc(F)c1. The molecule has 5 heteroatoms. The summed E-state index contributed by atoms with van der Waals surface area (Å²) in [5, 5.41) is 11.8. The van der Waals surface area contributed by atoms with E-state index < -0.39 is 23.7 Å². The maximum atomic E-state index is 13.1. The van der Waals surface area contributed by atoms with Gasteiger partial charge in [-0.15, -0.1) is 0 Å². The fourth-order valence-corrected chi connectivity index (χ4v) is 2.70. The highest BCUT2D eigenvalue weighted by atomic mass is 19.1. The topological polar surface area (TPSA) is 66.4 Å². The van der Waals surface area contributed by atoms with Crippen molar-refractivity contribution < 1.29 is 19.1 Å². The van der Waals surface area contributed by atoms with Crippen LogP contribution in [0.1, 0.15) is 42.5 Å². The van der Waals surface area contributed by atoms with Crippen molar-refractivity contribution in [3.05, 3.63) is 35.6 Å². The van der Waals surface area contributed by atoms with Crippen molar-refractivity contribution in [3.8, 4) is 0 Å². The van der Waals surface area contributed by atoms with Gasteiger partial charge in [-0.3, -0.25) is 4.79 Å². The molecular formula is C15H18FNO3. The van der Waals surface area contributed by atoms with Crippen LogP contribution in [0.3, 0.4) is 0 Å². The number of carboxylic acids is 1. The Labute approximate surface area is 117 Å². The molecule has 2 N–H and O–H groups in total. The van der Waals surface area contributed by atoms with Crippen LogP contribution >= 0.6 is 0 Å². The fraction of sp³-hybridized carbons (Fsp3) is 0.467. The van der Waals surface area contributed by atoms with Gasteiger partial charge in [-0.25, -0.2) is 9.18 Å². The van der Waals surface area contributed by atoms with Crippen LogP contribution in [-0.2, 0) is 4.79 Å². The molecule has 1 fully saturated rings. The van der Waals surface area contributed by atoms with Gasteiger partial charge in [0.15, 0.2) is 0 Å². The molecule has 108 valence electrons. The minimum Gasteiger partial charge on any atom is -0.480 e. The smallest absolute Gasteiger partial charge is 0.326 e. The van der Waals surface area contributed by atoms with E-state index in [9.17, 15) is 19.1 Å². The van der Waals surface area contributed by atoms with Crippen molar-refractivity contribution in [3.63, 3.8) is 0 Å². The number of aliphatic carboxylic acids is 1. The number of rotatable bonds is 4. The van der Waals surface area contributed by atoms with Gasteiger partial charge in [-0.2, -0.15) is 0 Å². The minimum atomic E-state index is -1.03. The van der Waals surface area contributed by atoms with Crippen molar-refractivity contribution in [1.82, 2.24) is 5.32 Å². The van der Waals surface area contributed by atoms with E-state index in [-0.39, 0.29) is 11.5 Å². The zero-order chi connectivity index (χ0) is 14.5. The molecule has 1 unspecified atom stereocenters. The summed E-state index contributed by atoms with van der Waals surface area (Å²) in [6.07, 6.45) is 4.70. The predicted molar refractivity (Wildman–Crippen MR) is 71.9 cm³/mol. The molecule has 1 aliphatic rings. The molecule has 0 saturated heterocycles. The first kappa shape index (κ1) is 14.5. The van der Waals surface area contributed by atoms with Gasteiger partial charge >= 0.3 is 5.97 Å². The van der Waals surface area contributed by atoms with Gasteiger partial charge in [-0.1, -0.05) is 25.3 Å². The van der Waals surface area contributed by atoms with Crippen LogP contribution in [0, 0.1) is 11.7 Å². The lowest BCUT2D eigenvalue weighted by Crippen LogP contribution is -2.46. The third-order valence-corrected chi connectivity index (χ3v) is 3.76. The molecule has 0 spiro atoms. The molecule has 0 aromatic heterocycles. The second-order valence-corrected chi connectivity index (χ2v) is 5.20. The Kier molecular flexibility index (Phi) is 4.71. The van der Waals surface area contributed by atoms with E-state index >= 15 is 0 Å². The largest absolute Gasteiger partial charge is 0.480 e. The van der Waals surface area contributed by atoms with Crippen molar-refractivity contribution in [1.29, 1.82) is 0 Å². The van der Waals surface area contributed by atoms with Crippen LogP contribution < -0.4 is 5.32 Å². The van der Waals surface area contributed by atoms with Crippen molar-refractivity contribution in [2.45, 2.75) is 38.1 Å². The van der Waals surface area contributed by atoms with Gasteiger partial charge < -0.3 is 10.4 Å². The van der Waals surface area contributed by atoms with Gasteiger partial charge in [0.2, 0.25) is 0 Å². The number of carbonyl (C=O) groups excluding carboxylic acids is 1. The fourth-order valence-electron chi connectivity index (χ4n) is 2.70. The Hall–Kier alpha value is -1.91. The zero-order valence-corrected chi connectivity index (χ0v) is 11.1. The molecule has 0 bridgehead atoms. The molecule has 0 aliphatic heterocycles. The van der Waals surface area contributed by atoms with E-state index in [2.05, 4.69) is 5.32 Å². The summed E-state index contributed by atoms with van der Waals surface area (Å²) in [4.78, 5) is 23.4. The van der Waals surface area contributed by atoms with E-state index in [1.165, 1.54) is 18.2 Å². The molecule has 20 heavy (non-hydrogen) atoms. The first-order chi connectivity index (χ1) is 9.58. The summed E-state index contributed by atoms with van der Waals surface area (Å²) in [7, 11) is 0. The lowest BCUT2D eigenvalue weighted by atomic mass is 9.84. The van der Waals surface area contributed by atoms with Crippen LogP contribution in [0.15, 0.2) is 24.3 Å². The average Bonchev–Trinajstić information content (AvgIpc) is 2.45. The normalized spacial score (nSPS) is 17.4. The lowest BCUT2D eigenvalue weighted by molar-refractivity contribution is -0.141. The molecule has 1 atom stereocenters. The molecule has 4 nitrogen and oxygen atoms in total. The maximum Gasteiger partial charge on any atom is 0.326 e. The highest BCUT2D eigenvalue weighted by Gasteiger charge is 2.30. The monoisotopic (exact) mass is 279 g/mol. The molecule has 2 rings (SSSR count). The maximum absolute atomic E-state index is 13.1. The summed E-state index contributed by atoms with van der Waals surface area (Å²) in [6, 6.07) is 4.35. The predicted octanol–water partition coefficient (Wildman–Crippen LogP) is 2.59.